The lowest BCUT2D eigenvalue weighted by Crippen LogP contribution is -2.24. The Kier molecular flexibility index (Phi) is 7.02. The zero-order valence-corrected chi connectivity index (χ0v) is 17.5. The van der Waals surface area contributed by atoms with Crippen LogP contribution < -0.4 is 10.6 Å². The summed E-state index contributed by atoms with van der Waals surface area (Å²) < 4.78 is 5.76. The molecule has 162 valence electrons. The average Bonchev–Trinajstić information content (AvgIpc) is 3.12. The van der Waals surface area contributed by atoms with Gasteiger partial charge in [-0.3, -0.25) is 19.7 Å². The van der Waals surface area contributed by atoms with Gasteiger partial charge in [-0.25, -0.2) is 0 Å². The van der Waals surface area contributed by atoms with E-state index in [1.165, 1.54) is 24.3 Å². The third-order valence-electron chi connectivity index (χ3n) is 5.03. The number of amides is 2. The van der Waals surface area contributed by atoms with Crippen molar-refractivity contribution in [3.8, 4) is 0 Å². The van der Waals surface area contributed by atoms with Crippen LogP contribution in [0.3, 0.4) is 0 Å². The van der Waals surface area contributed by atoms with Crippen LogP contribution in [0.5, 0.6) is 0 Å². The highest BCUT2D eigenvalue weighted by Gasteiger charge is 2.25. The summed E-state index contributed by atoms with van der Waals surface area (Å²) in [6, 6.07) is 12.6. The molecule has 2 amide bonds. The molecule has 0 aliphatic heterocycles. The van der Waals surface area contributed by atoms with Crippen molar-refractivity contribution in [2.45, 2.75) is 39.5 Å². The van der Waals surface area contributed by atoms with Gasteiger partial charge < -0.3 is 15.1 Å². The number of nitrogens with zero attached hydrogens (tertiary/aromatic N) is 1. The number of furan rings is 1. The van der Waals surface area contributed by atoms with Gasteiger partial charge in [-0.15, -0.1) is 0 Å². The van der Waals surface area contributed by atoms with Gasteiger partial charge in [0.05, 0.1) is 4.92 Å². The lowest BCUT2D eigenvalue weighted by Gasteiger charge is -2.15. The topological polar surface area (TPSA) is 114 Å². The molecule has 8 heteroatoms. The average molecular weight is 423 g/mol. The molecule has 2 N–H and O–H groups in total. The number of benzene rings is 2. The molecule has 0 aliphatic carbocycles. The molecule has 3 rings (SSSR count). The summed E-state index contributed by atoms with van der Waals surface area (Å²) in [7, 11) is 0. The molecule has 0 saturated heterocycles. The van der Waals surface area contributed by atoms with E-state index in [2.05, 4.69) is 10.6 Å². The maximum atomic E-state index is 12.9. The van der Waals surface area contributed by atoms with Gasteiger partial charge in [-0.2, -0.15) is 0 Å². The molecule has 1 heterocycles. The fourth-order valence-corrected chi connectivity index (χ4v) is 3.51. The lowest BCUT2D eigenvalue weighted by atomic mass is 9.97. The molecule has 31 heavy (non-hydrogen) atoms. The number of hydrogen-bond acceptors (Lipinski definition) is 5. The molecule has 0 spiro atoms. The normalized spacial score (nSPS) is 10.9. The molecule has 2 aromatic carbocycles. The van der Waals surface area contributed by atoms with Crippen LogP contribution in [0.4, 0.5) is 17.1 Å². The summed E-state index contributed by atoms with van der Waals surface area (Å²) in [5.74, 6) is -0.851. The number of anilines is 2. The zero-order chi connectivity index (χ0) is 22.4. The van der Waals surface area contributed by atoms with Crippen molar-refractivity contribution in [1.29, 1.82) is 0 Å². The van der Waals surface area contributed by atoms with Gasteiger partial charge in [0.15, 0.2) is 0 Å². The first-order valence-electron chi connectivity index (χ1n) is 10.3. The number of fused-ring (bicyclic) bond motifs is 1. The summed E-state index contributed by atoms with van der Waals surface area (Å²) in [5.41, 5.74) is 1.11. The number of nitro groups is 1. The second-order valence-electron chi connectivity index (χ2n) is 7.32. The second-order valence-corrected chi connectivity index (χ2v) is 7.32. The van der Waals surface area contributed by atoms with Crippen LogP contribution in [0, 0.1) is 16.0 Å². The van der Waals surface area contributed by atoms with Crippen LogP contribution in [0.15, 0.2) is 52.9 Å². The predicted octanol–water partition coefficient (Wildman–Crippen LogP) is 5.75. The largest absolute Gasteiger partial charge is 0.449 e. The smallest absolute Gasteiger partial charge is 0.293 e. The fourth-order valence-electron chi connectivity index (χ4n) is 3.51. The Morgan fingerprint density at radius 2 is 1.65 bits per heavy atom. The Morgan fingerprint density at radius 1 is 1.00 bits per heavy atom. The summed E-state index contributed by atoms with van der Waals surface area (Å²) in [6.45, 7) is 4.07. The van der Waals surface area contributed by atoms with Crippen LogP contribution >= 0.6 is 0 Å². The number of nitrogens with one attached hydrogen (secondary N) is 2. The zero-order valence-electron chi connectivity index (χ0n) is 17.5. The number of nitro benzene ring substituents is 1. The first kappa shape index (κ1) is 22.0. The standard InChI is InChI=1S/C23H25N3O5/c1-3-7-15(8-4-2)22(27)25-20-18-9-5-6-10-19(18)31-21(20)23(28)24-16-11-13-17(14-12-16)26(29)30/h5-6,9-15H,3-4,7-8H2,1-2H3,(H,24,28)(H,25,27). The monoisotopic (exact) mass is 423 g/mol. The van der Waals surface area contributed by atoms with Crippen molar-refractivity contribution in [2.24, 2.45) is 5.92 Å². The molecule has 8 nitrogen and oxygen atoms in total. The van der Waals surface area contributed by atoms with E-state index in [1.807, 2.05) is 13.8 Å². The minimum Gasteiger partial charge on any atom is -0.449 e. The summed E-state index contributed by atoms with van der Waals surface area (Å²) >= 11 is 0. The molecule has 1 aromatic heterocycles. The Labute approximate surface area is 179 Å². The van der Waals surface area contributed by atoms with E-state index in [9.17, 15) is 19.7 Å². The number of carbonyl (C=O) groups excluding carboxylic acids is 2. The van der Waals surface area contributed by atoms with Gasteiger partial charge in [0.25, 0.3) is 11.6 Å². The molecule has 3 aromatic rings. The van der Waals surface area contributed by atoms with Crippen molar-refractivity contribution < 1.29 is 18.9 Å². The maximum Gasteiger partial charge on any atom is 0.293 e. The van der Waals surface area contributed by atoms with E-state index >= 15 is 0 Å². The molecule has 0 aliphatic rings. The summed E-state index contributed by atoms with van der Waals surface area (Å²) in [6.07, 6.45) is 3.30. The van der Waals surface area contributed by atoms with Crippen molar-refractivity contribution in [3.05, 3.63) is 64.4 Å². The van der Waals surface area contributed by atoms with E-state index in [1.54, 1.807) is 24.3 Å². The predicted molar refractivity (Wildman–Crippen MR) is 119 cm³/mol. The third kappa shape index (κ3) is 5.09. The van der Waals surface area contributed by atoms with Crippen LogP contribution in [-0.4, -0.2) is 16.7 Å². The second kappa shape index (κ2) is 9.88. The molecule has 0 radical (unpaired) electrons. The van der Waals surface area contributed by atoms with Gasteiger partial charge in [-0.05, 0) is 37.1 Å². The van der Waals surface area contributed by atoms with Crippen LogP contribution in [0.25, 0.3) is 11.0 Å². The number of carbonyl (C=O) groups is 2. The molecule has 0 saturated carbocycles. The van der Waals surface area contributed by atoms with E-state index in [0.717, 1.165) is 25.7 Å². The van der Waals surface area contributed by atoms with E-state index in [0.29, 0.717) is 22.3 Å². The van der Waals surface area contributed by atoms with Gasteiger partial charge in [0.2, 0.25) is 11.7 Å². The van der Waals surface area contributed by atoms with Crippen molar-refractivity contribution in [1.82, 2.24) is 0 Å². The molecule has 0 bridgehead atoms. The van der Waals surface area contributed by atoms with Crippen LogP contribution in [0.1, 0.15) is 50.1 Å². The Bertz CT molecular complexity index is 1080. The maximum absolute atomic E-state index is 12.9. The van der Waals surface area contributed by atoms with Gasteiger partial charge in [0.1, 0.15) is 11.3 Å². The van der Waals surface area contributed by atoms with Gasteiger partial charge in [0, 0.05) is 29.1 Å². The minimum absolute atomic E-state index is 0.0142. The van der Waals surface area contributed by atoms with E-state index in [-0.39, 0.29) is 23.3 Å². The molecular weight excluding hydrogens is 398 g/mol. The summed E-state index contributed by atoms with van der Waals surface area (Å²) in [4.78, 5) is 36.2. The lowest BCUT2D eigenvalue weighted by molar-refractivity contribution is -0.384. The molecule has 0 atom stereocenters. The number of non-ortho nitro benzene ring substituents is 1. The third-order valence-corrected chi connectivity index (χ3v) is 5.03. The Hall–Kier alpha value is -3.68. The highest BCUT2D eigenvalue weighted by Crippen LogP contribution is 2.32. The molecule has 0 unspecified atom stereocenters. The molecule has 0 fully saturated rings. The van der Waals surface area contributed by atoms with Gasteiger partial charge in [-0.1, -0.05) is 38.8 Å². The van der Waals surface area contributed by atoms with E-state index in [4.69, 9.17) is 4.42 Å². The fraction of sp³-hybridized carbons (Fsp3) is 0.304. The highest BCUT2D eigenvalue weighted by molar-refractivity contribution is 6.14. The van der Waals surface area contributed by atoms with Crippen molar-refractivity contribution >= 4 is 39.8 Å². The summed E-state index contributed by atoms with van der Waals surface area (Å²) in [5, 5.41) is 17.0. The van der Waals surface area contributed by atoms with Crippen LogP contribution in [0.2, 0.25) is 0 Å². The molecular formula is C23H25N3O5. The quantitative estimate of drug-likeness (QED) is 0.336. The SMILES string of the molecule is CCCC(CCC)C(=O)Nc1c(C(=O)Nc2ccc([N+](=O)[O-])cc2)oc2ccccc12. The first-order chi connectivity index (χ1) is 14.9. The van der Waals surface area contributed by atoms with Crippen LogP contribution in [-0.2, 0) is 4.79 Å². The minimum atomic E-state index is -0.553. The Balaban J connectivity index is 1.90. The van der Waals surface area contributed by atoms with Crippen molar-refractivity contribution in [3.63, 3.8) is 0 Å². The highest BCUT2D eigenvalue weighted by atomic mass is 16.6. The van der Waals surface area contributed by atoms with Gasteiger partial charge >= 0.3 is 0 Å². The van der Waals surface area contributed by atoms with E-state index < -0.39 is 10.8 Å². The number of rotatable bonds is 9. The Morgan fingerprint density at radius 3 is 2.26 bits per heavy atom. The number of hydrogen-bond donors (Lipinski definition) is 2. The number of para-hydroxylation sites is 1. The van der Waals surface area contributed by atoms with Crippen molar-refractivity contribution in [2.75, 3.05) is 10.6 Å². The first-order valence-corrected chi connectivity index (χ1v) is 10.3.